The Morgan fingerprint density at radius 2 is 0.636 bits per heavy atom. The summed E-state index contributed by atoms with van der Waals surface area (Å²) < 4.78 is 16.4. The minimum Gasteiger partial charge on any atom is -0.870 e. The second-order valence-corrected chi connectivity index (χ2v) is 6.37. The number of benzene rings is 4. The molecule has 0 unspecified atom stereocenters. The molecule has 0 aliphatic rings. The van der Waals surface area contributed by atoms with Crippen molar-refractivity contribution in [3.05, 3.63) is 84.9 Å². The summed E-state index contributed by atoms with van der Waals surface area (Å²) in [5, 5.41) is 49.1. The van der Waals surface area contributed by atoms with Crippen LogP contribution in [0.5, 0.6) is 57.5 Å². The molecule has 0 saturated heterocycles. The minimum absolute atomic E-state index is 0. The summed E-state index contributed by atoms with van der Waals surface area (Å²) in [6.45, 7) is 0. The van der Waals surface area contributed by atoms with Crippen LogP contribution in [0.25, 0.3) is 0 Å². The summed E-state index contributed by atoms with van der Waals surface area (Å²) >= 11 is 0. The second kappa shape index (κ2) is 12.5. The molecule has 0 amide bonds. The van der Waals surface area contributed by atoms with Crippen LogP contribution in [0.1, 0.15) is 0 Å². The first kappa shape index (κ1) is 27.2. The Morgan fingerprint density at radius 1 is 0.364 bits per heavy atom. The maximum atomic E-state index is 12.7. The molecule has 0 aliphatic carbocycles. The van der Waals surface area contributed by atoms with Crippen molar-refractivity contribution < 1.29 is 34.6 Å². The Hall–Kier alpha value is -2.00. The first-order valence-electron chi connectivity index (χ1n) is 9.18. The Bertz CT molecular complexity index is 1140. The zero-order valence-electron chi connectivity index (χ0n) is 17.4. The molecule has 0 fully saturated rings. The predicted octanol–water partition coefficient (Wildman–Crippen LogP) is 2.60. The van der Waals surface area contributed by atoms with E-state index in [1.165, 1.54) is 60.7 Å². The van der Waals surface area contributed by atoms with E-state index >= 15 is 0 Å². The minimum atomic E-state index is -0.638. The number of hydrogen-bond acceptors (Lipinski definition) is 7. The van der Waals surface area contributed by atoms with E-state index in [0.29, 0.717) is 0 Å². The molecule has 4 aromatic carbocycles. The Kier molecular flexibility index (Phi) is 10.3. The molecule has 0 heterocycles. The van der Waals surface area contributed by atoms with E-state index in [9.17, 15) is 20.4 Å². The van der Waals surface area contributed by atoms with Crippen LogP contribution >= 0.6 is 0 Å². The molecule has 0 spiro atoms. The van der Waals surface area contributed by atoms with E-state index < -0.39 is 11.5 Å². The molecule has 0 atom stereocenters. The smallest absolute Gasteiger partial charge is 0.870 e. The van der Waals surface area contributed by atoms with Crippen molar-refractivity contribution in [3.8, 4) is 57.5 Å². The molecule has 0 saturated carbocycles. The topological polar surface area (TPSA) is 120 Å². The summed E-state index contributed by atoms with van der Waals surface area (Å²) in [4.78, 5) is 0. The molecule has 7 nitrogen and oxygen atoms in total. The molecule has 4 aromatic rings. The van der Waals surface area contributed by atoms with Crippen molar-refractivity contribution in [2.75, 3.05) is 0 Å². The summed E-state index contributed by atoms with van der Waals surface area (Å²) in [5.74, 6) is -2.62. The second-order valence-electron chi connectivity index (χ2n) is 6.37. The van der Waals surface area contributed by atoms with Crippen LogP contribution in [0.15, 0.2) is 84.9 Å². The predicted molar refractivity (Wildman–Crippen MR) is 115 cm³/mol. The van der Waals surface area contributed by atoms with Crippen molar-refractivity contribution in [2.24, 2.45) is 0 Å². The first-order valence-corrected chi connectivity index (χ1v) is 9.18. The third-order valence-electron chi connectivity index (χ3n) is 4.24. The van der Waals surface area contributed by atoms with Gasteiger partial charge in [-0.2, -0.15) is 0 Å². The first-order chi connectivity index (χ1) is 15.0. The third kappa shape index (κ3) is 6.53. The van der Waals surface area contributed by atoms with Crippen LogP contribution in [0.2, 0.25) is 0 Å². The average molecular weight is 495 g/mol. The van der Waals surface area contributed by atoms with E-state index in [1.807, 2.05) is 0 Å². The summed E-state index contributed by atoms with van der Waals surface area (Å²) in [6.07, 6.45) is 0. The Balaban J connectivity index is 0.00000193. The normalized spacial score (nSPS) is 9.82. The van der Waals surface area contributed by atoms with E-state index in [4.69, 9.17) is 14.2 Å². The SMILES string of the molecule is [Ca+2].[Ca+2].[O-]c1ccccc1Oc1cccc(Oc2cccc(Oc3ccccc3[O-])c2[O-])c1[O-]. The fourth-order valence-electron chi connectivity index (χ4n) is 2.74. The van der Waals surface area contributed by atoms with Gasteiger partial charge in [-0.1, -0.05) is 60.0 Å². The Labute approximate surface area is 249 Å². The van der Waals surface area contributed by atoms with Crippen LogP contribution in [-0.2, 0) is 0 Å². The number of ether oxygens (including phenoxy) is 3. The van der Waals surface area contributed by atoms with Gasteiger partial charge >= 0.3 is 75.5 Å². The molecule has 0 N–H and O–H groups in total. The van der Waals surface area contributed by atoms with Gasteiger partial charge in [-0.05, 0) is 47.9 Å². The van der Waals surface area contributed by atoms with Gasteiger partial charge in [0.25, 0.3) is 0 Å². The number of hydrogen-bond donors (Lipinski definition) is 0. The van der Waals surface area contributed by atoms with Gasteiger partial charge in [0.15, 0.2) is 0 Å². The van der Waals surface area contributed by atoms with Gasteiger partial charge in [-0.15, -0.1) is 0 Å². The number of rotatable bonds is 6. The van der Waals surface area contributed by atoms with Gasteiger partial charge in [-0.25, -0.2) is 0 Å². The number of para-hydroxylation sites is 6. The van der Waals surface area contributed by atoms with Crippen molar-refractivity contribution >= 4 is 75.5 Å². The van der Waals surface area contributed by atoms with E-state index in [0.717, 1.165) is 0 Å². The van der Waals surface area contributed by atoms with Crippen LogP contribution in [-0.4, -0.2) is 75.5 Å². The fraction of sp³-hybridized carbons (Fsp3) is 0. The Morgan fingerprint density at radius 3 is 0.970 bits per heavy atom. The summed E-state index contributed by atoms with van der Waals surface area (Å²) in [7, 11) is 0. The maximum Gasteiger partial charge on any atom is 2.00 e. The largest absolute Gasteiger partial charge is 2.00 e. The van der Waals surface area contributed by atoms with E-state index in [1.54, 1.807) is 24.3 Å². The molecule has 0 bridgehead atoms. The van der Waals surface area contributed by atoms with Crippen LogP contribution < -0.4 is 34.6 Å². The monoisotopic (exact) mass is 494 g/mol. The van der Waals surface area contributed by atoms with Crippen LogP contribution in [0.4, 0.5) is 0 Å². The molecule has 0 aromatic heterocycles. The zero-order valence-corrected chi connectivity index (χ0v) is 21.8. The van der Waals surface area contributed by atoms with Gasteiger partial charge in [0.05, 0.1) is 0 Å². The summed E-state index contributed by atoms with van der Waals surface area (Å²) in [6, 6.07) is 20.4. The van der Waals surface area contributed by atoms with Gasteiger partial charge < -0.3 is 34.6 Å². The molecule has 4 rings (SSSR count). The van der Waals surface area contributed by atoms with Gasteiger partial charge in [0, 0.05) is 0 Å². The quantitative estimate of drug-likeness (QED) is 0.378. The van der Waals surface area contributed by atoms with Crippen molar-refractivity contribution in [2.45, 2.75) is 0 Å². The molecular formula is C24H14Ca2O7. The maximum absolute atomic E-state index is 12.7. The van der Waals surface area contributed by atoms with E-state index in [2.05, 4.69) is 0 Å². The molecule has 0 aliphatic heterocycles. The standard InChI is InChI=1S/C24H18O7.2Ca/c25-15-7-1-3-9-17(15)29-19-11-5-13-21(23(19)27)31-22-14-6-12-20(24(22)28)30-18-10-4-2-8-16(18)26;;/h1-14,25-28H;;/q;2*+2/p-4. The molecule has 0 radical (unpaired) electrons. The van der Waals surface area contributed by atoms with Crippen molar-refractivity contribution in [3.63, 3.8) is 0 Å². The van der Waals surface area contributed by atoms with Crippen LogP contribution in [0.3, 0.4) is 0 Å². The van der Waals surface area contributed by atoms with Crippen molar-refractivity contribution in [1.29, 1.82) is 0 Å². The fourth-order valence-corrected chi connectivity index (χ4v) is 2.74. The van der Waals surface area contributed by atoms with E-state index in [-0.39, 0.29) is 121 Å². The molecule has 156 valence electrons. The van der Waals surface area contributed by atoms with Crippen LogP contribution in [0, 0.1) is 0 Å². The third-order valence-corrected chi connectivity index (χ3v) is 4.24. The molecule has 9 heteroatoms. The summed E-state index contributed by atoms with van der Waals surface area (Å²) in [5.41, 5.74) is 0. The van der Waals surface area contributed by atoms with Crippen molar-refractivity contribution in [1.82, 2.24) is 0 Å². The molecule has 33 heavy (non-hydrogen) atoms. The zero-order chi connectivity index (χ0) is 21.8. The van der Waals surface area contributed by atoms with Gasteiger partial charge in [0.1, 0.15) is 34.5 Å². The average Bonchev–Trinajstić information content (AvgIpc) is 2.76. The molecular weight excluding hydrogens is 480 g/mol. The van der Waals surface area contributed by atoms with Gasteiger partial charge in [-0.3, -0.25) is 0 Å². The van der Waals surface area contributed by atoms with Gasteiger partial charge in [0.2, 0.25) is 0 Å².